The number of carboxylic acids is 2. The second-order valence-electron chi connectivity index (χ2n) is 25.9. The Kier molecular flexibility index (Phi) is 32.2. The number of nitrogens with one attached hydrogen (secondary N) is 11. The van der Waals surface area contributed by atoms with Crippen molar-refractivity contribution in [2.45, 2.75) is 170 Å². The van der Waals surface area contributed by atoms with Gasteiger partial charge in [0.05, 0.1) is 0 Å². The molecule has 0 bridgehead atoms. The van der Waals surface area contributed by atoms with E-state index in [9.17, 15) is 68.1 Å². The summed E-state index contributed by atoms with van der Waals surface area (Å²) >= 11 is 0. The van der Waals surface area contributed by atoms with E-state index in [4.69, 9.17) is 22.9 Å². The molecule has 1 aromatic heterocycles. The van der Waals surface area contributed by atoms with Gasteiger partial charge < -0.3 is 101 Å². The van der Waals surface area contributed by atoms with E-state index in [0.29, 0.717) is 54.1 Å². The van der Waals surface area contributed by atoms with Crippen LogP contribution >= 0.6 is 21.6 Å². The van der Waals surface area contributed by atoms with Crippen molar-refractivity contribution in [3.05, 3.63) is 102 Å². The van der Waals surface area contributed by atoms with Crippen LogP contribution in [0.3, 0.4) is 0 Å². The first-order valence-electron chi connectivity index (χ1n) is 34.8. The van der Waals surface area contributed by atoms with Gasteiger partial charge in [0, 0.05) is 99.7 Å². The van der Waals surface area contributed by atoms with Gasteiger partial charge in [-0.2, -0.15) is 0 Å². The number of nitrogens with two attached hydrogens (primary N) is 4. The molecule has 12 amide bonds. The summed E-state index contributed by atoms with van der Waals surface area (Å²) in [4.78, 5) is 205. The van der Waals surface area contributed by atoms with Crippen molar-refractivity contribution in [1.82, 2.24) is 63.1 Å². The fourth-order valence-electron chi connectivity index (χ4n) is 12.5. The van der Waals surface area contributed by atoms with E-state index >= 15 is 18.8 Å². The fraction of sp³-hybridized carbons (Fsp3) is 0.493. The van der Waals surface area contributed by atoms with Crippen LogP contribution < -0.4 is 76.1 Å². The maximum atomic E-state index is 15.7. The van der Waals surface area contributed by atoms with Crippen LogP contribution in [0.25, 0.3) is 10.9 Å². The number of aromatic nitrogens is 1. The first kappa shape index (κ1) is 82.7. The van der Waals surface area contributed by atoms with Gasteiger partial charge in [-0.3, -0.25) is 72.1 Å². The number of carbonyl (C=O) groups is 14. The smallest absolute Gasteiger partial charge is 0.303 e. The zero-order chi connectivity index (χ0) is 77.0. The highest BCUT2D eigenvalue weighted by Gasteiger charge is 2.41. The molecular weight excluding hydrogens is 1420 g/mol. The topological polar surface area (TPSA) is 555 Å². The number of carboxylic acid groups (broad SMARTS) is 2. The highest BCUT2D eigenvalue weighted by molar-refractivity contribution is 8.76. The number of phenols is 1. The summed E-state index contributed by atoms with van der Waals surface area (Å²) in [5.41, 5.74) is 24.1. The van der Waals surface area contributed by atoms with Crippen LogP contribution in [0.1, 0.15) is 107 Å². The van der Waals surface area contributed by atoms with Gasteiger partial charge in [0.2, 0.25) is 70.9 Å². The lowest BCUT2D eigenvalue weighted by molar-refractivity contribution is -0.139. The van der Waals surface area contributed by atoms with E-state index in [1.54, 1.807) is 30.5 Å². The number of amides is 12. The number of hydrogen-bond acceptors (Lipinski definition) is 19. The van der Waals surface area contributed by atoms with E-state index in [1.165, 1.54) is 47.4 Å². The number of H-pyrrole nitrogens is 1. The molecule has 3 heterocycles. The molecule has 3 fully saturated rings. The Hall–Kier alpha value is -10.6. The average Bonchev–Trinajstić information content (AvgIpc) is 1.64. The standard InChI is InChI=1S/C69H92FN17O17S2/c70-43-13-5-3-11-39(43)32-49-64(100)79-45(15-7-28-76-69(73)74)60(96)75-29-26-54(89)78-46(21-23-56(91)92)61(97)81-50(33-40-34-77-44-14-6-4-12-42(40)44)65(101)80-47(22-24-57(93)94)62(98)84-51(59(72)95)35-105-106-36-52(66(102)86-58(68(104)83-49)38-9-1-2-10-38)85-63(99)48(31-37-17-19-41(88)20-18-37)82-67(103)53-16-8-30-87(53)55(90)25-27-71/h3-6,11-14,17-20,34,38,45-53,58,77,88H,1-2,7-10,15-16,21-33,35-36,71H2,(H2,72,95)(H,75,96)(H,78,89)(H,79,100)(H,80,101)(H,81,97)(H,82,103)(H,83,104)(H,84,98)(H,85,99)(H,86,102)(H,91,92)(H,93,94)(H4,73,74,76)/t45-,46-,47-,48-,49-,50-,51+,52-,53-,58-/m0/s1. The third-order valence-corrected chi connectivity index (χ3v) is 20.5. The number of halogens is 1. The quantitative estimate of drug-likeness (QED) is 0.0158. The minimum atomic E-state index is -1.77. The fourth-order valence-corrected chi connectivity index (χ4v) is 14.8. The molecule has 22 N–H and O–H groups in total. The van der Waals surface area contributed by atoms with E-state index in [-0.39, 0.29) is 75.4 Å². The largest absolute Gasteiger partial charge is 0.508 e. The second kappa shape index (κ2) is 41.2. The number of benzene rings is 3. The van der Waals surface area contributed by atoms with Gasteiger partial charge in [0.1, 0.15) is 72.0 Å². The molecule has 37 heteroatoms. The number of likely N-dealkylation sites (tertiary alicyclic amines) is 1. The number of para-hydroxylation sites is 1. The number of aromatic hydroxyl groups is 1. The number of carbonyl (C=O) groups excluding carboxylic acids is 12. The van der Waals surface area contributed by atoms with Crippen LogP contribution in [-0.2, 0) is 86.4 Å². The Balaban J connectivity index is 1.28. The maximum absolute atomic E-state index is 15.7. The summed E-state index contributed by atoms with van der Waals surface area (Å²) in [6, 6.07) is 2.29. The van der Waals surface area contributed by atoms with Gasteiger partial charge >= 0.3 is 11.9 Å². The highest BCUT2D eigenvalue weighted by Crippen LogP contribution is 2.30. The van der Waals surface area contributed by atoms with Crippen LogP contribution in [0, 0.1) is 11.7 Å². The Bertz CT molecular complexity index is 3840. The van der Waals surface area contributed by atoms with E-state index in [2.05, 4.69) is 63.1 Å². The van der Waals surface area contributed by atoms with Gasteiger partial charge in [-0.05, 0) is 98.2 Å². The van der Waals surface area contributed by atoms with Gasteiger partial charge in [0.15, 0.2) is 5.96 Å². The van der Waals surface area contributed by atoms with Crippen LogP contribution in [0.15, 0.2) is 84.0 Å². The SMILES string of the molecule is NCCC(=O)N1CCC[C@H]1C(=O)N[C@@H](Cc1ccc(O)cc1)C(=O)N[C@H]1CSSC[C@H](C(N)=O)NC(=O)[C@H](CCC(=O)O)NC(=O)[C@H](Cc2c[nH]c3ccccc23)NC(=O)[C@H](CCC(=O)O)NC(=O)CCNC(=O)[C@H](CCCN=C(N)N)NC(=O)[C@H](Cc2ccccc2F)NC(=O)[C@H](C2CCCC2)NC1=O. The lowest BCUT2D eigenvalue weighted by atomic mass is 9.95. The van der Waals surface area contributed by atoms with Crippen molar-refractivity contribution in [3.63, 3.8) is 0 Å². The van der Waals surface area contributed by atoms with Crippen molar-refractivity contribution < 1.29 is 86.8 Å². The van der Waals surface area contributed by atoms with Gasteiger partial charge in [-0.1, -0.05) is 83.0 Å². The first-order valence-corrected chi connectivity index (χ1v) is 37.3. The number of hydrogen-bond donors (Lipinski definition) is 18. The summed E-state index contributed by atoms with van der Waals surface area (Å²) in [5.74, 6) is -16.7. The predicted molar refractivity (Wildman–Crippen MR) is 387 cm³/mol. The molecule has 34 nitrogen and oxygen atoms in total. The lowest BCUT2D eigenvalue weighted by Gasteiger charge is -2.30. The molecule has 2 aliphatic heterocycles. The molecule has 7 rings (SSSR count). The number of aliphatic imine (C=N–C) groups is 1. The molecule has 2 saturated heterocycles. The lowest BCUT2D eigenvalue weighted by Crippen LogP contribution is -2.61. The van der Waals surface area contributed by atoms with E-state index in [0.717, 1.165) is 27.7 Å². The summed E-state index contributed by atoms with van der Waals surface area (Å²) in [6.07, 6.45) is -0.351. The first-order chi connectivity index (χ1) is 50.7. The van der Waals surface area contributed by atoms with Crippen molar-refractivity contribution in [1.29, 1.82) is 0 Å². The van der Waals surface area contributed by atoms with Crippen molar-refractivity contribution >= 4 is 121 Å². The molecule has 3 aromatic carbocycles. The number of aromatic amines is 1. The van der Waals surface area contributed by atoms with Crippen molar-refractivity contribution in [2.75, 3.05) is 37.7 Å². The number of phenolic OH excluding ortho intramolecular Hbond substituents is 1. The van der Waals surface area contributed by atoms with Gasteiger partial charge in [-0.25, -0.2) is 4.39 Å². The number of rotatable bonds is 24. The Labute approximate surface area is 616 Å². The summed E-state index contributed by atoms with van der Waals surface area (Å²) in [7, 11) is 1.69. The average molecular weight is 1510 g/mol. The summed E-state index contributed by atoms with van der Waals surface area (Å²) in [5, 5.41) is 56.4. The molecule has 4 aromatic rings. The minimum Gasteiger partial charge on any atom is -0.508 e. The minimum absolute atomic E-state index is 0.00233. The zero-order valence-corrected chi connectivity index (χ0v) is 59.7. The molecule has 0 radical (unpaired) electrons. The molecule has 574 valence electrons. The molecule has 10 atom stereocenters. The molecule has 0 unspecified atom stereocenters. The number of guanidine groups is 1. The number of primary amides is 1. The second-order valence-corrected chi connectivity index (χ2v) is 28.5. The maximum Gasteiger partial charge on any atom is 0.303 e. The van der Waals surface area contributed by atoms with Crippen LogP contribution in [-0.4, -0.2) is 212 Å². The van der Waals surface area contributed by atoms with Gasteiger partial charge in [-0.15, -0.1) is 0 Å². The normalized spacial score (nSPS) is 22.8. The molecular formula is C69H92FN17O17S2. The van der Waals surface area contributed by atoms with Crippen molar-refractivity contribution in [2.24, 2.45) is 33.8 Å². The summed E-state index contributed by atoms with van der Waals surface area (Å²) < 4.78 is 15.7. The monoisotopic (exact) mass is 1510 g/mol. The Morgan fingerprint density at radius 2 is 1.24 bits per heavy atom. The Morgan fingerprint density at radius 3 is 1.89 bits per heavy atom. The third kappa shape index (κ3) is 25.6. The molecule has 3 aliphatic rings. The van der Waals surface area contributed by atoms with Crippen LogP contribution in [0.5, 0.6) is 5.75 Å². The number of fused-ring (bicyclic) bond motifs is 1. The highest BCUT2D eigenvalue weighted by atomic mass is 33.1. The summed E-state index contributed by atoms with van der Waals surface area (Å²) in [6.45, 7) is -0.305. The van der Waals surface area contributed by atoms with Crippen LogP contribution in [0.2, 0.25) is 0 Å². The predicted octanol–water partition coefficient (Wildman–Crippen LogP) is -1.90. The van der Waals surface area contributed by atoms with E-state index < -0.39 is 212 Å². The van der Waals surface area contributed by atoms with E-state index in [1.807, 2.05) is 0 Å². The van der Waals surface area contributed by atoms with Crippen LogP contribution in [0.4, 0.5) is 4.39 Å². The van der Waals surface area contributed by atoms with Gasteiger partial charge in [0.25, 0.3) is 0 Å². The zero-order valence-electron chi connectivity index (χ0n) is 58.1. The Morgan fingerprint density at radius 1 is 0.642 bits per heavy atom. The number of aliphatic carboxylic acids is 2. The molecule has 1 aliphatic carbocycles. The molecule has 1 saturated carbocycles. The molecule has 106 heavy (non-hydrogen) atoms. The molecule has 0 spiro atoms. The number of nitrogens with zero attached hydrogens (tertiary/aromatic N) is 2. The van der Waals surface area contributed by atoms with Crippen molar-refractivity contribution in [3.8, 4) is 5.75 Å². The third-order valence-electron chi connectivity index (χ3n) is 18.1.